The molecule has 3 aromatic carbocycles. The van der Waals surface area contributed by atoms with Gasteiger partial charge in [-0.25, -0.2) is 13.8 Å². The fourth-order valence-corrected chi connectivity index (χ4v) is 4.37. The van der Waals surface area contributed by atoms with E-state index >= 15 is 0 Å². The molecule has 0 spiro atoms. The summed E-state index contributed by atoms with van der Waals surface area (Å²) in [5, 5.41) is 0. The summed E-state index contributed by atoms with van der Waals surface area (Å²) in [6.45, 7) is 3.03. The second kappa shape index (κ2) is 8.78. The molecule has 2 aliphatic rings. The molecule has 0 N–H and O–H groups in total. The molecule has 1 unspecified atom stereocenters. The summed E-state index contributed by atoms with van der Waals surface area (Å²) in [5.74, 6) is 0.247. The first kappa shape index (κ1) is 21.9. The van der Waals surface area contributed by atoms with E-state index in [1.54, 1.807) is 7.11 Å². The average molecular weight is 463 g/mol. The number of methoxy groups -OCH3 is 1. The summed E-state index contributed by atoms with van der Waals surface area (Å²) in [6.07, 6.45) is 0. The Labute approximate surface area is 196 Å². The Morgan fingerprint density at radius 3 is 2.53 bits per heavy atom. The number of hydrogen-bond donors (Lipinski definition) is 0. The molecule has 1 saturated heterocycles. The Morgan fingerprint density at radius 1 is 1.03 bits per heavy atom. The lowest BCUT2D eigenvalue weighted by Gasteiger charge is -2.41. The Bertz CT molecular complexity index is 1270. The number of halogens is 2. The van der Waals surface area contributed by atoms with Crippen LogP contribution in [0.1, 0.15) is 22.8 Å². The number of carbonyl (C=O) groups excluding carboxylic acids is 1. The maximum Gasteiger partial charge on any atom is 0.260 e. The largest absolute Gasteiger partial charge is 0.497 e. The Morgan fingerprint density at radius 2 is 1.79 bits per heavy atom. The van der Waals surface area contributed by atoms with Gasteiger partial charge in [-0.05, 0) is 43.3 Å². The van der Waals surface area contributed by atoms with Crippen molar-refractivity contribution in [2.24, 2.45) is 4.99 Å². The molecular formula is C26H23F2N3O3. The third kappa shape index (κ3) is 3.85. The van der Waals surface area contributed by atoms with E-state index in [2.05, 4.69) is 4.90 Å². The molecule has 8 heteroatoms. The number of para-hydroxylation sites is 2. The zero-order valence-electron chi connectivity index (χ0n) is 18.8. The van der Waals surface area contributed by atoms with Crippen LogP contribution in [0.25, 0.3) is 0 Å². The number of fused-ring (bicyclic) bond motifs is 2. The van der Waals surface area contributed by atoms with E-state index < -0.39 is 23.1 Å². The number of piperazine rings is 1. The zero-order valence-corrected chi connectivity index (χ0v) is 18.8. The molecule has 3 aromatic rings. The summed E-state index contributed by atoms with van der Waals surface area (Å²) in [4.78, 5) is 21.5. The molecule has 0 aliphatic carbocycles. The first-order chi connectivity index (χ1) is 16.5. The van der Waals surface area contributed by atoms with Gasteiger partial charge in [-0.1, -0.05) is 18.2 Å². The monoisotopic (exact) mass is 463 g/mol. The van der Waals surface area contributed by atoms with Gasteiger partial charge in [-0.2, -0.15) is 0 Å². The van der Waals surface area contributed by atoms with Crippen LogP contribution < -0.4 is 9.47 Å². The van der Waals surface area contributed by atoms with E-state index in [0.29, 0.717) is 48.4 Å². The first-order valence-electron chi connectivity index (χ1n) is 11.0. The van der Waals surface area contributed by atoms with Crippen LogP contribution in [0, 0.1) is 11.6 Å². The normalized spacial score (nSPS) is 17.2. The standard InChI is InChI=1S/C26H23F2N3O3/c1-16-15-30(12-13-31(16)26(32)24-19(27)6-5-7-20(24)28)25-18-11-10-17(33-2)14-23(18)34-22-9-4-3-8-21(22)29-25/h3-11,14,16H,12-13,15H2,1-2H3. The number of hydrogen-bond acceptors (Lipinski definition) is 5. The SMILES string of the molecule is COc1ccc2c(c1)Oc1ccccc1N=C2N1CCN(C(=O)c2c(F)cccc2F)C(C)C1. The molecule has 1 amide bonds. The van der Waals surface area contributed by atoms with Gasteiger partial charge >= 0.3 is 0 Å². The number of amides is 1. The van der Waals surface area contributed by atoms with Crippen molar-refractivity contribution in [3.63, 3.8) is 0 Å². The minimum absolute atomic E-state index is 0.292. The van der Waals surface area contributed by atoms with E-state index in [-0.39, 0.29) is 6.04 Å². The van der Waals surface area contributed by atoms with Crippen LogP contribution in [-0.4, -0.2) is 54.3 Å². The van der Waals surface area contributed by atoms with E-state index in [4.69, 9.17) is 14.5 Å². The number of carbonyl (C=O) groups is 1. The lowest BCUT2D eigenvalue weighted by atomic mass is 10.1. The van der Waals surface area contributed by atoms with Crippen molar-refractivity contribution in [2.45, 2.75) is 13.0 Å². The highest BCUT2D eigenvalue weighted by Gasteiger charge is 2.34. The summed E-state index contributed by atoms with van der Waals surface area (Å²) >= 11 is 0. The molecule has 0 bridgehead atoms. The molecule has 0 radical (unpaired) electrons. The molecule has 6 nitrogen and oxygen atoms in total. The van der Waals surface area contributed by atoms with Crippen LogP contribution in [0.2, 0.25) is 0 Å². The number of aliphatic imine (C=N–C) groups is 1. The molecule has 0 aromatic heterocycles. The zero-order chi connectivity index (χ0) is 23.8. The van der Waals surface area contributed by atoms with Crippen LogP contribution in [0.3, 0.4) is 0 Å². The number of amidine groups is 1. The Balaban J connectivity index is 1.47. The fourth-order valence-electron chi connectivity index (χ4n) is 4.37. The Kier molecular flexibility index (Phi) is 5.65. The van der Waals surface area contributed by atoms with Gasteiger partial charge in [0.05, 0.1) is 12.7 Å². The molecule has 1 fully saturated rings. The minimum atomic E-state index is -0.857. The van der Waals surface area contributed by atoms with Crippen molar-refractivity contribution in [1.29, 1.82) is 0 Å². The van der Waals surface area contributed by atoms with Crippen molar-refractivity contribution in [3.8, 4) is 17.2 Å². The van der Waals surface area contributed by atoms with Gasteiger partial charge in [0.25, 0.3) is 5.91 Å². The highest BCUT2D eigenvalue weighted by molar-refractivity contribution is 6.04. The van der Waals surface area contributed by atoms with Crippen molar-refractivity contribution < 1.29 is 23.0 Å². The van der Waals surface area contributed by atoms with Gasteiger partial charge in [0.15, 0.2) is 5.75 Å². The van der Waals surface area contributed by atoms with Gasteiger partial charge < -0.3 is 19.3 Å². The molecule has 174 valence electrons. The predicted molar refractivity (Wildman–Crippen MR) is 124 cm³/mol. The predicted octanol–water partition coefficient (Wildman–Crippen LogP) is 5.00. The van der Waals surface area contributed by atoms with Crippen molar-refractivity contribution in [3.05, 3.63) is 83.4 Å². The van der Waals surface area contributed by atoms with Gasteiger partial charge in [-0.3, -0.25) is 4.79 Å². The number of benzene rings is 3. The van der Waals surface area contributed by atoms with Gasteiger partial charge in [0.2, 0.25) is 0 Å². The molecule has 5 rings (SSSR count). The van der Waals surface area contributed by atoms with Gasteiger partial charge in [-0.15, -0.1) is 0 Å². The lowest BCUT2D eigenvalue weighted by Crippen LogP contribution is -2.55. The van der Waals surface area contributed by atoms with Crippen molar-refractivity contribution >= 4 is 17.4 Å². The first-order valence-corrected chi connectivity index (χ1v) is 11.0. The smallest absolute Gasteiger partial charge is 0.260 e. The van der Waals surface area contributed by atoms with Gasteiger partial charge in [0.1, 0.15) is 40.2 Å². The molecule has 1 atom stereocenters. The third-order valence-electron chi connectivity index (χ3n) is 6.11. The van der Waals surface area contributed by atoms with Crippen molar-refractivity contribution in [1.82, 2.24) is 9.80 Å². The van der Waals surface area contributed by atoms with Crippen LogP contribution >= 0.6 is 0 Å². The summed E-state index contributed by atoms with van der Waals surface area (Å²) in [7, 11) is 1.59. The third-order valence-corrected chi connectivity index (χ3v) is 6.11. The van der Waals surface area contributed by atoms with Crippen LogP contribution in [0.5, 0.6) is 17.2 Å². The molecule has 2 aliphatic heterocycles. The number of rotatable bonds is 2. The van der Waals surface area contributed by atoms with Crippen LogP contribution in [0.15, 0.2) is 65.7 Å². The topological polar surface area (TPSA) is 54.4 Å². The second-order valence-corrected chi connectivity index (χ2v) is 8.26. The van der Waals surface area contributed by atoms with E-state index in [1.165, 1.54) is 11.0 Å². The Hall–Kier alpha value is -3.94. The molecular weight excluding hydrogens is 440 g/mol. The lowest BCUT2D eigenvalue weighted by molar-refractivity contribution is 0.0571. The number of ether oxygens (including phenoxy) is 2. The van der Waals surface area contributed by atoms with E-state index in [0.717, 1.165) is 17.7 Å². The average Bonchev–Trinajstić information content (AvgIpc) is 3.00. The van der Waals surface area contributed by atoms with E-state index in [9.17, 15) is 13.6 Å². The number of nitrogens with zero attached hydrogens (tertiary/aromatic N) is 3. The maximum absolute atomic E-state index is 14.2. The minimum Gasteiger partial charge on any atom is -0.497 e. The molecule has 34 heavy (non-hydrogen) atoms. The van der Waals surface area contributed by atoms with E-state index in [1.807, 2.05) is 49.4 Å². The van der Waals surface area contributed by atoms with Gasteiger partial charge in [0, 0.05) is 31.7 Å². The highest BCUT2D eigenvalue weighted by Crippen LogP contribution is 2.39. The maximum atomic E-state index is 14.2. The summed E-state index contributed by atoms with van der Waals surface area (Å²) < 4.78 is 40.0. The van der Waals surface area contributed by atoms with Crippen LogP contribution in [-0.2, 0) is 0 Å². The fraction of sp³-hybridized carbons (Fsp3) is 0.231. The summed E-state index contributed by atoms with van der Waals surface area (Å²) in [5.41, 5.74) is 0.964. The highest BCUT2D eigenvalue weighted by atomic mass is 19.1. The molecule has 2 heterocycles. The second-order valence-electron chi connectivity index (χ2n) is 8.26. The summed E-state index contributed by atoms with van der Waals surface area (Å²) in [6, 6.07) is 16.2. The molecule has 0 saturated carbocycles. The van der Waals surface area contributed by atoms with Crippen LogP contribution in [0.4, 0.5) is 14.5 Å². The van der Waals surface area contributed by atoms with Crippen molar-refractivity contribution in [2.75, 3.05) is 26.7 Å². The quantitative estimate of drug-likeness (QED) is 0.537.